The quantitative estimate of drug-likeness (QED) is 0.807. The molecule has 1 aliphatic rings. The molecule has 0 radical (unpaired) electrons. The van der Waals surface area contributed by atoms with Crippen LogP contribution < -0.4 is 4.74 Å². The van der Waals surface area contributed by atoms with Crippen LogP contribution in [0.1, 0.15) is 17.2 Å². The standard InChI is InChI=1S/C20H23FN2O3/c1-25-19-7-3-5-16(20(19)24)13-22-14-18(23-8-10-26-11-9-23)15-4-2-6-17(21)12-15/h2-7,12-13,18,24H,8-11,14H2,1H3. The number of aliphatic imine (C=N–C) groups is 1. The highest BCUT2D eigenvalue weighted by Gasteiger charge is 2.22. The van der Waals surface area contributed by atoms with E-state index in [-0.39, 0.29) is 17.6 Å². The number of benzene rings is 2. The van der Waals surface area contributed by atoms with Crippen molar-refractivity contribution in [1.29, 1.82) is 0 Å². The molecule has 6 heteroatoms. The van der Waals surface area contributed by atoms with Crippen LogP contribution in [0.2, 0.25) is 0 Å². The monoisotopic (exact) mass is 358 g/mol. The molecule has 1 heterocycles. The number of halogens is 1. The molecular formula is C20H23FN2O3. The first-order valence-electron chi connectivity index (χ1n) is 8.62. The number of hydrogen-bond acceptors (Lipinski definition) is 5. The molecule has 0 bridgehead atoms. The van der Waals surface area contributed by atoms with Crippen LogP contribution in [0.4, 0.5) is 4.39 Å². The predicted molar refractivity (Wildman–Crippen MR) is 98.7 cm³/mol. The molecule has 0 aromatic heterocycles. The van der Waals surface area contributed by atoms with Crippen LogP contribution >= 0.6 is 0 Å². The van der Waals surface area contributed by atoms with E-state index in [9.17, 15) is 9.50 Å². The average molecular weight is 358 g/mol. The van der Waals surface area contributed by atoms with Crippen molar-refractivity contribution in [2.75, 3.05) is 40.0 Å². The first-order chi connectivity index (χ1) is 12.7. The lowest BCUT2D eigenvalue weighted by Gasteiger charge is -2.34. The van der Waals surface area contributed by atoms with Gasteiger partial charge in [0, 0.05) is 24.9 Å². The molecular weight excluding hydrogens is 335 g/mol. The third-order valence-electron chi connectivity index (χ3n) is 4.48. The Morgan fingerprint density at radius 3 is 2.77 bits per heavy atom. The van der Waals surface area contributed by atoms with Crippen LogP contribution in [0.15, 0.2) is 47.5 Å². The normalized spacial score (nSPS) is 16.7. The van der Waals surface area contributed by atoms with E-state index in [1.54, 1.807) is 36.5 Å². The summed E-state index contributed by atoms with van der Waals surface area (Å²) in [5.41, 5.74) is 1.48. The fourth-order valence-electron chi connectivity index (χ4n) is 3.09. The maximum Gasteiger partial charge on any atom is 0.166 e. The fraction of sp³-hybridized carbons (Fsp3) is 0.350. The summed E-state index contributed by atoms with van der Waals surface area (Å²) in [7, 11) is 1.51. The molecule has 1 N–H and O–H groups in total. The van der Waals surface area contributed by atoms with Crippen molar-refractivity contribution in [3.05, 3.63) is 59.4 Å². The molecule has 2 aromatic carbocycles. The zero-order valence-electron chi connectivity index (χ0n) is 14.8. The molecule has 1 fully saturated rings. The van der Waals surface area contributed by atoms with Crippen molar-refractivity contribution in [2.45, 2.75) is 6.04 Å². The van der Waals surface area contributed by atoms with Crippen LogP contribution in [-0.2, 0) is 4.74 Å². The van der Waals surface area contributed by atoms with Crippen molar-refractivity contribution in [2.24, 2.45) is 4.99 Å². The number of aromatic hydroxyl groups is 1. The molecule has 2 aromatic rings. The summed E-state index contributed by atoms with van der Waals surface area (Å²) in [6, 6.07) is 11.8. The number of ether oxygens (including phenoxy) is 2. The molecule has 0 spiro atoms. The van der Waals surface area contributed by atoms with E-state index < -0.39 is 0 Å². The number of nitrogens with zero attached hydrogens (tertiary/aromatic N) is 2. The summed E-state index contributed by atoms with van der Waals surface area (Å²) in [4.78, 5) is 6.76. The third kappa shape index (κ3) is 4.39. The number of morpholine rings is 1. The molecule has 3 rings (SSSR count). The van der Waals surface area contributed by atoms with E-state index in [2.05, 4.69) is 9.89 Å². The van der Waals surface area contributed by atoms with Crippen molar-refractivity contribution in [3.8, 4) is 11.5 Å². The van der Waals surface area contributed by atoms with Gasteiger partial charge in [0.1, 0.15) is 5.82 Å². The topological polar surface area (TPSA) is 54.3 Å². The number of phenols is 1. The van der Waals surface area contributed by atoms with Gasteiger partial charge in [-0.3, -0.25) is 9.89 Å². The Balaban J connectivity index is 1.79. The van der Waals surface area contributed by atoms with Crippen LogP contribution in [-0.4, -0.2) is 56.2 Å². The van der Waals surface area contributed by atoms with Crippen molar-refractivity contribution in [1.82, 2.24) is 4.90 Å². The Morgan fingerprint density at radius 2 is 2.04 bits per heavy atom. The zero-order valence-corrected chi connectivity index (χ0v) is 14.8. The average Bonchev–Trinajstić information content (AvgIpc) is 2.67. The summed E-state index contributed by atoms with van der Waals surface area (Å²) >= 11 is 0. The van der Waals surface area contributed by atoms with Crippen LogP contribution in [0, 0.1) is 5.82 Å². The van der Waals surface area contributed by atoms with Gasteiger partial charge in [0.15, 0.2) is 11.5 Å². The molecule has 1 atom stereocenters. The van der Waals surface area contributed by atoms with E-state index in [1.165, 1.54) is 13.2 Å². The third-order valence-corrected chi connectivity index (χ3v) is 4.48. The van der Waals surface area contributed by atoms with E-state index >= 15 is 0 Å². The SMILES string of the molecule is COc1cccc(C=NCC(c2cccc(F)c2)N2CCOCC2)c1O. The lowest BCUT2D eigenvalue weighted by atomic mass is 10.0. The van der Waals surface area contributed by atoms with Crippen LogP contribution in [0.3, 0.4) is 0 Å². The van der Waals surface area contributed by atoms with E-state index in [0.29, 0.717) is 31.1 Å². The Morgan fingerprint density at radius 1 is 1.27 bits per heavy atom. The minimum absolute atomic E-state index is 0.0430. The van der Waals surface area contributed by atoms with Gasteiger partial charge >= 0.3 is 0 Å². The van der Waals surface area contributed by atoms with Gasteiger partial charge in [-0.05, 0) is 29.8 Å². The summed E-state index contributed by atoms with van der Waals surface area (Å²) in [5.74, 6) is 0.214. The summed E-state index contributed by atoms with van der Waals surface area (Å²) in [6.45, 7) is 3.33. The minimum Gasteiger partial charge on any atom is -0.504 e. The fourth-order valence-corrected chi connectivity index (χ4v) is 3.09. The smallest absolute Gasteiger partial charge is 0.166 e. The Kier molecular flexibility index (Phi) is 6.20. The van der Waals surface area contributed by atoms with Gasteiger partial charge in [0.05, 0.1) is 32.9 Å². The number of hydrogen-bond donors (Lipinski definition) is 1. The van der Waals surface area contributed by atoms with Crippen LogP contribution in [0.25, 0.3) is 0 Å². The summed E-state index contributed by atoms with van der Waals surface area (Å²) in [6.07, 6.45) is 1.63. The Hall–Kier alpha value is -2.44. The molecule has 26 heavy (non-hydrogen) atoms. The molecule has 138 valence electrons. The number of methoxy groups -OCH3 is 1. The van der Waals surface area contributed by atoms with Crippen molar-refractivity contribution >= 4 is 6.21 Å². The van der Waals surface area contributed by atoms with Gasteiger partial charge in [-0.15, -0.1) is 0 Å². The maximum absolute atomic E-state index is 13.7. The first kappa shape index (κ1) is 18.4. The number of para-hydroxylation sites is 1. The minimum atomic E-state index is -0.254. The molecule has 0 aliphatic carbocycles. The summed E-state index contributed by atoms with van der Waals surface area (Å²) in [5, 5.41) is 10.2. The number of rotatable bonds is 6. The lowest BCUT2D eigenvalue weighted by molar-refractivity contribution is 0.0179. The van der Waals surface area contributed by atoms with E-state index in [0.717, 1.165) is 18.7 Å². The molecule has 0 amide bonds. The largest absolute Gasteiger partial charge is 0.504 e. The first-order valence-corrected chi connectivity index (χ1v) is 8.62. The summed E-state index contributed by atoms with van der Waals surface area (Å²) < 4.78 is 24.2. The Labute approximate surface area is 152 Å². The predicted octanol–water partition coefficient (Wildman–Crippen LogP) is 3.03. The molecule has 1 unspecified atom stereocenters. The molecule has 1 aliphatic heterocycles. The van der Waals surface area contributed by atoms with Gasteiger partial charge in [-0.1, -0.05) is 18.2 Å². The highest BCUT2D eigenvalue weighted by molar-refractivity contribution is 5.84. The second-order valence-electron chi connectivity index (χ2n) is 6.11. The Bertz CT molecular complexity index is 760. The van der Waals surface area contributed by atoms with Crippen LogP contribution in [0.5, 0.6) is 11.5 Å². The molecule has 0 saturated carbocycles. The second-order valence-corrected chi connectivity index (χ2v) is 6.11. The van der Waals surface area contributed by atoms with Gasteiger partial charge in [-0.2, -0.15) is 0 Å². The second kappa shape index (κ2) is 8.78. The van der Waals surface area contributed by atoms with E-state index in [1.807, 2.05) is 6.07 Å². The molecule has 5 nitrogen and oxygen atoms in total. The van der Waals surface area contributed by atoms with Gasteiger partial charge in [-0.25, -0.2) is 4.39 Å². The van der Waals surface area contributed by atoms with E-state index in [4.69, 9.17) is 9.47 Å². The van der Waals surface area contributed by atoms with Crippen molar-refractivity contribution < 1.29 is 19.0 Å². The molecule has 1 saturated heterocycles. The van der Waals surface area contributed by atoms with Gasteiger partial charge in [0.2, 0.25) is 0 Å². The van der Waals surface area contributed by atoms with Gasteiger partial charge < -0.3 is 14.6 Å². The highest BCUT2D eigenvalue weighted by atomic mass is 19.1. The van der Waals surface area contributed by atoms with Gasteiger partial charge in [0.25, 0.3) is 0 Å². The zero-order chi connectivity index (χ0) is 18.4. The lowest BCUT2D eigenvalue weighted by Crippen LogP contribution is -2.40. The number of phenolic OH excluding ortho intramolecular Hbond substituents is 1. The van der Waals surface area contributed by atoms with Crippen molar-refractivity contribution in [3.63, 3.8) is 0 Å². The highest BCUT2D eigenvalue weighted by Crippen LogP contribution is 2.28. The maximum atomic E-state index is 13.7.